The van der Waals surface area contributed by atoms with E-state index in [9.17, 15) is 9.18 Å². The first kappa shape index (κ1) is 11.8. The minimum absolute atomic E-state index is 0.242. The van der Waals surface area contributed by atoms with Crippen molar-refractivity contribution < 1.29 is 9.18 Å². The van der Waals surface area contributed by atoms with Gasteiger partial charge < -0.3 is 10.3 Å². The van der Waals surface area contributed by atoms with Crippen LogP contribution in [0.15, 0.2) is 29.1 Å². The lowest BCUT2D eigenvalue weighted by Gasteiger charge is -1.98. The van der Waals surface area contributed by atoms with Gasteiger partial charge in [-0.3, -0.25) is 9.78 Å². The van der Waals surface area contributed by atoms with Gasteiger partial charge in [0.05, 0.1) is 22.1 Å². The van der Waals surface area contributed by atoms with Crippen LogP contribution in [0.25, 0.3) is 11.3 Å². The minimum Gasteiger partial charge on any atom is -0.355 e. The SMILES string of the molecule is CNC(=O)c1cc(-c2ccncc2F)[nH]c1Br. The molecule has 0 aliphatic carbocycles. The number of nitrogens with one attached hydrogen (secondary N) is 2. The Balaban J connectivity index is 2.49. The van der Waals surface area contributed by atoms with Crippen molar-refractivity contribution in [3.05, 3.63) is 40.5 Å². The number of rotatable bonds is 2. The molecule has 2 aromatic rings. The van der Waals surface area contributed by atoms with Crippen molar-refractivity contribution in [3.63, 3.8) is 0 Å². The van der Waals surface area contributed by atoms with Crippen LogP contribution in [0.4, 0.5) is 4.39 Å². The highest BCUT2D eigenvalue weighted by Crippen LogP contribution is 2.26. The number of halogens is 2. The Hall–Kier alpha value is -1.69. The van der Waals surface area contributed by atoms with Crippen molar-refractivity contribution in [1.29, 1.82) is 0 Å². The van der Waals surface area contributed by atoms with E-state index >= 15 is 0 Å². The molecular formula is C11H9BrFN3O. The second-order valence-corrected chi connectivity index (χ2v) is 4.14. The molecule has 2 N–H and O–H groups in total. The molecule has 0 atom stereocenters. The molecule has 17 heavy (non-hydrogen) atoms. The lowest BCUT2D eigenvalue weighted by atomic mass is 10.2. The third-order valence-corrected chi connectivity index (χ3v) is 2.93. The fourth-order valence-corrected chi connectivity index (χ4v) is 1.98. The molecule has 0 aliphatic rings. The van der Waals surface area contributed by atoms with E-state index in [1.54, 1.807) is 12.1 Å². The number of aromatic amines is 1. The highest BCUT2D eigenvalue weighted by atomic mass is 79.9. The predicted octanol–water partition coefficient (Wildman–Crippen LogP) is 2.34. The summed E-state index contributed by atoms with van der Waals surface area (Å²) in [6, 6.07) is 3.13. The van der Waals surface area contributed by atoms with Crippen LogP contribution in [0.3, 0.4) is 0 Å². The van der Waals surface area contributed by atoms with E-state index < -0.39 is 5.82 Å². The third kappa shape index (κ3) is 2.21. The number of hydrogen-bond donors (Lipinski definition) is 2. The number of carbonyl (C=O) groups is 1. The Morgan fingerprint density at radius 2 is 2.35 bits per heavy atom. The van der Waals surface area contributed by atoms with E-state index in [2.05, 4.69) is 31.2 Å². The lowest BCUT2D eigenvalue weighted by molar-refractivity contribution is 0.0962. The minimum atomic E-state index is -0.440. The largest absolute Gasteiger partial charge is 0.355 e. The van der Waals surface area contributed by atoms with Crippen molar-refractivity contribution in [2.75, 3.05) is 7.05 Å². The molecule has 4 nitrogen and oxygen atoms in total. The zero-order valence-electron chi connectivity index (χ0n) is 8.92. The van der Waals surface area contributed by atoms with Gasteiger partial charge >= 0.3 is 0 Å². The Kier molecular flexibility index (Phi) is 3.23. The van der Waals surface area contributed by atoms with Crippen LogP contribution < -0.4 is 5.32 Å². The molecule has 0 unspecified atom stereocenters. The van der Waals surface area contributed by atoms with E-state index in [4.69, 9.17) is 0 Å². The maximum atomic E-state index is 13.5. The molecule has 2 heterocycles. The predicted molar refractivity (Wildman–Crippen MR) is 65.1 cm³/mol. The molecule has 0 spiro atoms. The topological polar surface area (TPSA) is 57.8 Å². The summed E-state index contributed by atoms with van der Waals surface area (Å²) in [5.74, 6) is -0.682. The van der Waals surface area contributed by atoms with Gasteiger partial charge in [0, 0.05) is 18.8 Å². The zero-order valence-corrected chi connectivity index (χ0v) is 10.5. The second-order valence-electron chi connectivity index (χ2n) is 3.35. The number of amides is 1. The standard InChI is InChI=1S/C11H9BrFN3O/c1-14-11(17)7-4-9(16-10(7)12)6-2-3-15-5-8(6)13/h2-5,16H,1H3,(H,14,17). The van der Waals surface area contributed by atoms with Crippen LogP contribution in [0.5, 0.6) is 0 Å². The molecule has 2 aromatic heterocycles. The first-order valence-electron chi connectivity index (χ1n) is 4.84. The summed E-state index contributed by atoms with van der Waals surface area (Å²) in [7, 11) is 1.54. The summed E-state index contributed by atoms with van der Waals surface area (Å²) >= 11 is 3.23. The maximum absolute atomic E-state index is 13.5. The average Bonchev–Trinajstić information content (AvgIpc) is 2.71. The summed E-state index contributed by atoms with van der Waals surface area (Å²) in [6.45, 7) is 0. The highest BCUT2D eigenvalue weighted by Gasteiger charge is 2.15. The molecule has 0 saturated carbocycles. The Morgan fingerprint density at radius 3 is 3.00 bits per heavy atom. The van der Waals surface area contributed by atoms with Crippen LogP contribution in [0.2, 0.25) is 0 Å². The molecule has 6 heteroatoms. The molecule has 0 bridgehead atoms. The lowest BCUT2D eigenvalue weighted by Crippen LogP contribution is -2.17. The summed E-state index contributed by atoms with van der Waals surface area (Å²) in [5.41, 5.74) is 1.32. The normalized spacial score (nSPS) is 10.3. The van der Waals surface area contributed by atoms with Gasteiger partial charge in [-0.1, -0.05) is 0 Å². The van der Waals surface area contributed by atoms with Crippen LogP contribution >= 0.6 is 15.9 Å². The highest BCUT2D eigenvalue weighted by molar-refractivity contribution is 9.10. The van der Waals surface area contributed by atoms with Gasteiger partial charge in [-0.05, 0) is 28.1 Å². The van der Waals surface area contributed by atoms with Crippen molar-refractivity contribution >= 4 is 21.8 Å². The number of nitrogens with zero attached hydrogens (tertiary/aromatic N) is 1. The van der Waals surface area contributed by atoms with Crippen LogP contribution in [0, 0.1) is 5.82 Å². The van der Waals surface area contributed by atoms with E-state index in [1.165, 1.54) is 13.2 Å². The second kappa shape index (κ2) is 4.67. The van der Waals surface area contributed by atoms with Crippen molar-refractivity contribution in [2.24, 2.45) is 0 Å². The van der Waals surface area contributed by atoms with Crippen LogP contribution in [-0.4, -0.2) is 22.9 Å². The molecule has 88 valence electrons. The van der Waals surface area contributed by atoms with Crippen molar-refractivity contribution in [3.8, 4) is 11.3 Å². The molecular weight excluding hydrogens is 289 g/mol. The van der Waals surface area contributed by atoms with Gasteiger partial charge in [-0.25, -0.2) is 4.39 Å². The van der Waals surface area contributed by atoms with Gasteiger partial charge in [0.25, 0.3) is 5.91 Å². The van der Waals surface area contributed by atoms with E-state index in [-0.39, 0.29) is 5.91 Å². The number of pyridine rings is 1. The van der Waals surface area contributed by atoms with Gasteiger partial charge in [0.2, 0.25) is 0 Å². The monoisotopic (exact) mass is 297 g/mol. The molecule has 0 radical (unpaired) electrons. The van der Waals surface area contributed by atoms with E-state index in [0.29, 0.717) is 21.4 Å². The Bertz CT molecular complexity index is 568. The number of aromatic nitrogens is 2. The fraction of sp³-hybridized carbons (Fsp3) is 0.0909. The molecule has 0 aliphatic heterocycles. The van der Waals surface area contributed by atoms with Gasteiger partial charge in [-0.2, -0.15) is 0 Å². The number of hydrogen-bond acceptors (Lipinski definition) is 2. The molecule has 0 fully saturated rings. The first-order chi connectivity index (χ1) is 8.13. The maximum Gasteiger partial charge on any atom is 0.253 e. The molecule has 1 amide bonds. The smallest absolute Gasteiger partial charge is 0.253 e. The quantitative estimate of drug-likeness (QED) is 0.894. The van der Waals surface area contributed by atoms with Crippen LogP contribution in [0.1, 0.15) is 10.4 Å². The Labute approximate surface area is 105 Å². The fourth-order valence-electron chi connectivity index (χ4n) is 1.47. The van der Waals surface area contributed by atoms with Gasteiger partial charge in [0.1, 0.15) is 0 Å². The first-order valence-corrected chi connectivity index (χ1v) is 5.63. The van der Waals surface area contributed by atoms with E-state index in [0.717, 1.165) is 6.20 Å². The number of carbonyl (C=O) groups excluding carboxylic acids is 1. The van der Waals surface area contributed by atoms with E-state index in [1.807, 2.05) is 0 Å². The van der Waals surface area contributed by atoms with Gasteiger partial charge in [-0.15, -0.1) is 0 Å². The third-order valence-electron chi connectivity index (χ3n) is 2.30. The summed E-state index contributed by atoms with van der Waals surface area (Å²) < 4.78 is 14.0. The summed E-state index contributed by atoms with van der Waals surface area (Å²) in [5, 5.41) is 2.51. The average molecular weight is 298 g/mol. The summed E-state index contributed by atoms with van der Waals surface area (Å²) in [6.07, 6.45) is 2.62. The number of H-pyrrole nitrogens is 1. The van der Waals surface area contributed by atoms with Crippen LogP contribution in [-0.2, 0) is 0 Å². The molecule has 2 rings (SSSR count). The summed E-state index contributed by atoms with van der Waals surface area (Å²) in [4.78, 5) is 18.1. The van der Waals surface area contributed by atoms with Crippen molar-refractivity contribution in [1.82, 2.24) is 15.3 Å². The molecule has 0 saturated heterocycles. The zero-order chi connectivity index (χ0) is 12.4. The Morgan fingerprint density at radius 1 is 1.59 bits per heavy atom. The molecule has 0 aromatic carbocycles. The van der Waals surface area contributed by atoms with Gasteiger partial charge in [0.15, 0.2) is 5.82 Å². The van der Waals surface area contributed by atoms with Crippen molar-refractivity contribution in [2.45, 2.75) is 0 Å².